The summed E-state index contributed by atoms with van der Waals surface area (Å²) in [6.45, 7) is 18.0. The zero-order chi connectivity index (χ0) is 64.7. The van der Waals surface area contributed by atoms with E-state index in [2.05, 4.69) is 88.9 Å². The lowest BCUT2D eigenvalue weighted by Gasteiger charge is -2.17. The third-order valence-electron chi connectivity index (χ3n) is 13.2. The van der Waals surface area contributed by atoms with Crippen molar-refractivity contribution in [1.82, 2.24) is 10.6 Å². The summed E-state index contributed by atoms with van der Waals surface area (Å²) >= 11 is 6.62. The Morgan fingerprint density at radius 2 is 0.750 bits per heavy atom. The van der Waals surface area contributed by atoms with Crippen molar-refractivity contribution < 1.29 is 64.6 Å². The van der Waals surface area contributed by atoms with Crippen LogP contribution in [0.15, 0.2) is 165 Å². The van der Waals surface area contributed by atoms with E-state index < -0.39 is 58.5 Å². The van der Waals surface area contributed by atoms with Crippen LogP contribution in [0.2, 0.25) is 0 Å². The van der Waals surface area contributed by atoms with Gasteiger partial charge in [-0.05, 0) is 135 Å². The van der Waals surface area contributed by atoms with Crippen molar-refractivity contribution in [3.63, 3.8) is 0 Å². The summed E-state index contributed by atoms with van der Waals surface area (Å²) in [7, 11) is -8.06. The lowest BCUT2D eigenvalue weighted by Crippen LogP contribution is -2.31. The predicted molar refractivity (Wildman–Crippen MR) is 349 cm³/mol. The Kier molecular flexibility index (Phi) is 28.3. The van der Waals surface area contributed by atoms with Gasteiger partial charge in [-0.1, -0.05) is 111 Å². The van der Waals surface area contributed by atoms with Gasteiger partial charge in [-0.3, -0.25) is 28.8 Å². The number of thioether (sulfide) groups is 2. The number of Topliss-reactive ketones (excluding diaryl/α,β-unsaturated/α-hetero) is 2. The van der Waals surface area contributed by atoms with Crippen LogP contribution in [0.25, 0.3) is 0 Å². The van der Waals surface area contributed by atoms with Crippen molar-refractivity contribution >= 4 is 94.4 Å². The predicted octanol–water partition coefficient (Wildman–Crippen LogP) is 11.5. The standard InChI is InChI=1S/C34H41NO9S2.C33H38BrNO5S2/c1-24-6-14-29(15-7-24)45(39,40)22-28(23-46(41,42)30-16-8-25(2)9-17-30)31(36)26-10-12-27(13-11-26)32(37)35-18-19-43-20-21-44-33(38)34(3,4)5;1-23-5-13-28(14-6-23)41-21-27(22-42-29-15-7-24(2)8-16-29)30(36)25-9-11-26(12-10-25)31(37)35-17-18-39-19-20-40-32(38)33(3,4)34/h6-17,28H,18-23H2,1-5H3,(H,35,37);5-16,27H,17-22H2,1-4H3,(H,35,37). The first-order valence-corrected chi connectivity index (χ1v) is 34.6. The van der Waals surface area contributed by atoms with E-state index in [1.807, 2.05) is 13.8 Å². The number of carbonyl (C=O) groups is 6. The van der Waals surface area contributed by atoms with Crippen LogP contribution in [-0.2, 0) is 48.2 Å². The van der Waals surface area contributed by atoms with Crippen LogP contribution in [0.1, 0.15) is 98.3 Å². The molecule has 0 aliphatic rings. The van der Waals surface area contributed by atoms with E-state index in [0.717, 1.165) is 20.9 Å². The van der Waals surface area contributed by atoms with E-state index in [0.29, 0.717) is 29.2 Å². The molecule has 472 valence electrons. The highest BCUT2D eigenvalue weighted by Crippen LogP contribution is 2.30. The van der Waals surface area contributed by atoms with Crippen LogP contribution in [0, 0.1) is 44.9 Å². The molecule has 0 atom stereocenters. The summed E-state index contributed by atoms with van der Waals surface area (Å²) in [5.41, 5.74) is 4.89. The van der Waals surface area contributed by atoms with Gasteiger partial charge in [-0.15, -0.1) is 23.5 Å². The van der Waals surface area contributed by atoms with Crippen LogP contribution in [-0.4, -0.2) is 132 Å². The molecule has 0 aliphatic carbocycles. The molecule has 0 aromatic heterocycles. The summed E-state index contributed by atoms with van der Waals surface area (Å²) in [5.74, 6) is -3.66. The van der Waals surface area contributed by atoms with E-state index in [1.54, 1.807) is 107 Å². The van der Waals surface area contributed by atoms with Gasteiger partial charge >= 0.3 is 11.9 Å². The van der Waals surface area contributed by atoms with Crippen LogP contribution in [0.5, 0.6) is 0 Å². The molecule has 0 radical (unpaired) electrons. The summed E-state index contributed by atoms with van der Waals surface area (Å²) in [5, 5.41) is 5.49. The molecule has 0 bridgehead atoms. The smallest absolute Gasteiger partial charge is 0.322 e. The lowest BCUT2D eigenvalue weighted by molar-refractivity contribution is -0.154. The fraction of sp³-hybridized carbons (Fsp3) is 0.373. The first-order valence-electron chi connectivity index (χ1n) is 28.5. The third-order valence-corrected chi connectivity index (χ3v) is 19.6. The van der Waals surface area contributed by atoms with E-state index in [9.17, 15) is 45.6 Å². The Bertz CT molecular complexity index is 3370. The Balaban J connectivity index is 0.000000322. The van der Waals surface area contributed by atoms with Crippen LogP contribution in [0.4, 0.5) is 0 Å². The number of amides is 2. The van der Waals surface area contributed by atoms with E-state index in [1.165, 1.54) is 59.7 Å². The number of alkyl halides is 1. The van der Waals surface area contributed by atoms with Gasteiger partial charge in [0.2, 0.25) is 0 Å². The monoisotopic (exact) mass is 1340 g/mol. The average Bonchev–Trinajstić information content (AvgIpc) is 1.35. The Morgan fingerprint density at radius 3 is 1.09 bits per heavy atom. The topological polar surface area (TPSA) is 232 Å². The second-order valence-corrected chi connectivity index (χ2v) is 30.7. The fourth-order valence-electron chi connectivity index (χ4n) is 7.97. The molecule has 0 fully saturated rings. The number of hydrogen-bond acceptors (Lipinski definition) is 16. The van der Waals surface area contributed by atoms with Crippen molar-refractivity contribution in [3.8, 4) is 0 Å². The number of sulfone groups is 2. The molecule has 21 heteroatoms. The van der Waals surface area contributed by atoms with Gasteiger partial charge in [-0.2, -0.15) is 0 Å². The fourth-order valence-corrected chi connectivity index (χ4v) is 13.5. The molecule has 0 aliphatic heterocycles. The van der Waals surface area contributed by atoms with E-state index in [4.69, 9.17) is 18.9 Å². The maximum atomic E-state index is 13.7. The van der Waals surface area contributed by atoms with Crippen molar-refractivity contribution in [3.05, 3.63) is 190 Å². The van der Waals surface area contributed by atoms with E-state index in [-0.39, 0.29) is 96.7 Å². The first-order chi connectivity index (χ1) is 41.5. The molecular formula is C67H79BrN2O14S4. The number of nitrogens with one attached hydrogen (secondary N) is 2. The summed E-state index contributed by atoms with van der Waals surface area (Å²) < 4.78 is 73.6. The number of hydrogen-bond donors (Lipinski definition) is 2. The normalized spacial score (nSPS) is 11.8. The lowest BCUT2D eigenvalue weighted by atomic mass is 9.97. The molecule has 0 heterocycles. The Morgan fingerprint density at radius 1 is 0.432 bits per heavy atom. The summed E-state index contributed by atoms with van der Waals surface area (Å²) in [6.07, 6.45) is 0. The van der Waals surface area contributed by atoms with E-state index >= 15 is 0 Å². The van der Waals surface area contributed by atoms with Crippen molar-refractivity contribution in [1.29, 1.82) is 0 Å². The van der Waals surface area contributed by atoms with Gasteiger partial charge in [0, 0.05) is 62.6 Å². The van der Waals surface area contributed by atoms with Crippen LogP contribution >= 0.6 is 39.5 Å². The highest BCUT2D eigenvalue weighted by atomic mass is 79.9. The molecule has 16 nitrogen and oxygen atoms in total. The molecule has 2 N–H and O–H groups in total. The SMILES string of the molecule is Cc1ccc(S(=O)(=O)CC(CS(=O)(=O)c2ccc(C)cc2)C(=O)c2ccc(C(=O)NCCOCCOC(=O)C(C)(C)C)cc2)cc1.Cc1ccc(SCC(CSc2ccc(C)cc2)C(=O)c2ccc(C(=O)NCCOCCOC(=O)C(C)(C)Br)cc2)cc1. The summed E-state index contributed by atoms with van der Waals surface area (Å²) in [6, 6.07) is 41.3. The minimum atomic E-state index is -4.03. The van der Waals surface area contributed by atoms with Crippen LogP contribution in [0.3, 0.4) is 0 Å². The zero-order valence-electron chi connectivity index (χ0n) is 51.2. The maximum absolute atomic E-state index is 13.7. The van der Waals surface area contributed by atoms with Crippen LogP contribution < -0.4 is 10.6 Å². The molecule has 88 heavy (non-hydrogen) atoms. The van der Waals surface area contributed by atoms with Crippen molar-refractivity contribution in [2.45, 2.75) is 86.2 Å². The quantitative estimate of drug-likeness (QED) is 0.0135. The van der Waals surface area contributed by atoms with Gasteiger partial charge in [0.15, 0.2) is 31.2 Å². The van der Waals surface area contributed by atoms with Crippen molar-refractivity contribution in [2.75, 3.05) is 75.7 Å². The van der Waals surface area contributed by atoms with Gasteiger partial charge < -0.3 is 29.6 Å². The number of esters is 2. The minimum Gasteiger partial charge on any atom is -0.463 e. The number of benzene rings is 6. The second kappa shape index (κ2) is 34.5. The Hall–Kier alpha value is -6.46. The number of carbonyl (C=O) groups excluding carboxylic acids is 6. The molecule has 0 unspecified atom stereocenters. The molecule has 2 amide bonds. The minimum absolute atomic E-state index is 0.00875. The highest BCUT2D eigenvalue weighted by molar-refractivity contribution is 9.10. The highest BCUT2D eigenvalue weighted by Gasteiger charge is 2.33. The number of ether oxygens (including phenoxy) is 4. The molecule has 6 rings (SSSR count). The van der Waals surface area contributed by atoms with Crippen molar-refractivity contribution in [2.24, 2.45) is 17.3 Å². The maximum Gasteiger partial charge on any atom is 0.322 e. The zero-order valence-corrected chi connectivity index (χ0v) is 56.1. The van der Waals surface area contributed by atoms with Gasteiger partial charge in [0.25, 0.3) is 11.8 Å². The number of ketones is 2. The Labute approximate surface area is 535 Å². The molecule has 6 aromatic rings. The molecule has 0 saturated carbocycles. The molecule has 6 aromatic carbocycles. The first kappa shape index (κ1) is 72.3. The third kappa shape index (κ3) is 24.5. The summed E-state index contributed by atoms with van der Waals surface area (Å²) in [4.78, 5) is 78.2. The molecule has 0 saturated heterocycles. The number of aryl methyl sites for hydroxylation is 4. The second-order valence-electron chi connectivity index (χ2n) is 22.4. The van der Waals surface area contributed by atoms with Gasteiger partial charge in [0.05, 0.1) is 59.1 Å². The number of rotatable bonds is 31. The largest absolute Gasteiger partial charge is 0.463 e. The van der Waals surface area contributed by atoms with Gasteiger partial charge in [-0.25, -0.2) is 16.8 Å². The number of halogens is 1. The average molecular weight is 1340 g/mol. The van der Waals surface area contributed by atoms with Gasteiger partial charge in [0.1, 0.15) is 17.5 Å². The molecular weight excluding hydrogens is 1260 g/mol. The molecule has 0 spiro atoms.